The van der Waals surface area contributed by atoms with Crippen LogP contribution in [0.1, 0.15) is 43.1 Å². The second kappa shape index (κ2) is 6.18. The summed E-state index contributed by atoms with van der Waals surface area (Å²) in [5.41, 5.74) is 5.24. The molecule has 0 fully saturated rings. The van der Waals surface area contributed by atoms with Gasteiger partial charge in [-0.2, -0.15) is 5.10 Å². The molecule has 0 aliphatic carbocycles. The Kier molecular flexibility index (Phi) is 4.88. The highest BCUT2D eigenvalue weighted by molar-refractivity contribution is 5.95. The molecule has 1 aromatic rings. The topological polar surface area (TPSA) is 41.5 Å². The molecule has 0 aliphatic rings. The van der Waals surface area contributed by atoms with Crippen molar-refractivity contribution in [3.05, 3.63) is 35.4 Å². The number of rotatable bonds is 4. The Balaban J connectivity index is 2.61. The van der Waals surface area contributed by atoms with E-state index in [9.17, 15) is 4.79 Å². The van der Waals surface area contributed by atoms with E-state index < -0.39 is 0 Å². The van der Waals surface area contributed by atoms with Gasteiger partial charge in [-0.3, -0.25) is 4.79 Å². The van der Waals surface area contributed by atoms with E-state index in [2.05, 4.69) is 24.4 Å². The second-order valence-corrected chi connectivity index (χ2v) is 4.76. The second-order valence-electron chi connectivity index (χ2n) is 4.76. The van der Waals surface area contributed by atoms with Gasteiger partial charge in [0.05, 0.1) is 0 Å². The zero-order chi connectivity index (χ0) is 12.8. The Hall–Kier alpha value is -1.64. The third kappa shape index (κ3) is 4.81. The van der Waals surface area contributed by atoms with Gasteiger partial charge in [-0.05, 0) is 38.3 Å². The molecule has 0 atom stereocenters. The van der Waals surface area contributed by atoms with E-state index in [1.54, 1.807) is 6.07 Å². The normalized spacial score (nSPS) is 11.7. The van der Waals surface area contributed by atoms with Gasteiger partial charge in [0, 0.05) is 11.3 Å². The van der Waals surface area contributed by atoms with Crippen LogP contribution in [0.5, 0.6) is 0 Å². The number of hydrogen-bond acceptors (Lipinski definition) is 2. The smallest absolute Gasteiger partial charge is 0.267 e. The molecule has 0 saturated heterocycles. The van der Waals surface area contributed by atoms with E-state index in [1.807, 2.05) is 32.0 Å². The van der Waals surface area contributed by atoms with Crippen molar-refractivity contribution in [3.63, 3.8) is 0 Å². The van der Waals surface area contributed by atoms with Gasteiger partial charge in [-0.25, -0.2) is 5.43 Å². The molecule has 1 rings (SSSR count). The molecule has 0 unspecified atom stereocenters. The molecule has 0 heterocycles. The molecular weight excluding hydrogens is 212 g/mol. The summed E-state index contributed by atoms with van der Waals surface area (Å²) in [6, 6.07) is 7.47. The fraction of sp³-hybridized carbons (Fsp3) is 0.429. The number of hydrazone groups is 1. The molecule has 3 nitrogen and oxygen atoms in total. The van der Waals surface area contributed by atoms with Crippen LogP contribution in [0.25, 0.3) is 0 Å². The van der Waals surface area contributed by atoms with Crippen molar-refractivity contribution in [2.45, 2.75) is 34.1 Å². The SMILES string of the molecule is CC(CC(C)C)=NNC(=O)c1cccc(C)c1. The maximum absolute atomic E-state index is 11.8. The van der Waals surface area contributed by atoms with Gasteiger partial charge in [0.2, 0.25) is 0 Å². The molecule has 0 bridgehead atoms. The maximum Gasteiger partial charge on any atom is 0.271 e. The minimum absolute atomic E-state index is 0.156. The lowest BCUT2D eigenvalue weighted by molar-refractivity contribution is 0.0954. The molecule has 0 spiro atoms. The first-order valence-corrected chi connectivity index (χ1v) is 5.89. The number of amides is 1. The summed E-state index contributed by atoms with van der Waals surface area (Å²) >= 11 is 0. The highest BCUT2D eigenvalue weighted by Crippen LogP contribution is 2.04. The average Bonchev–Trinajstić information content (AvgIpc) is 2.25. The number of nitrogens with one attached hydrogen (secondary N) is 1. The zero-order valence-corrected chi connectivity index (χ0v) is 10.9. The van der Waals surface area contributed by atoms with Crippen LogP contribution in [0.3, 0.4) is 0 Å². The van der Waals surface area contributed by atoms with Crippen molar-refractivity contribution in [2.75, 3.05) is 0 Å². The van der Waals surface area contributed by atoms with Gasteiger partial charge in [0.1, 0.15) is 0 Å². The largest absolute Gasteiger partial charge is 0.271 e. The number of nitrogens with zero attached hydrogens (tertiary/aromatic N) is 1. The van der Waals surface area contributed by atoms with E-state index in [4.69, 9.17) is 0 Å². The predicted molar refractivity (Wildman–Crippen MR) is 71.2 cm³/mol. The van der Waals surface area contributed by atoms with Crippen LogP contribution in [0.4, 0.5) is 0 Å². The number of aryl methyl sites for hydroxylation is 1. The molecule has 0 aliphatic heterocycles. The molecule has 3 heteroatoms. The summed E-state index contributed by atoms with van der Waals surface area (Å²) in [6.07, 6.45) is 0.897. The monoisotopic (exact) mass is 232 g/mol. The van der Waals surface area contributed by atoms with Crippen molar-refractivity contribution < 1.29 is 4.79 Å². The van der Waals surface area contributed by atoms with Crippen molar-refractivity contribution in [3.8, 4) is 0 Å². The fourth-order valence-corrected chi connectivity index (χ4v) is 1.63. The molecule has 92 valence electrons. The number of carbonyl (C=O) groups is 1. The van der Waals surface area contributed by atoms with Crippen molar-refractivity contribution in [1.29, 1.82) is 0 Å². The van der Waals surface area contributed by atoms with Crippen molar-refractivity contribution >= 4 is 11.6 Å². The quantitative estimate of drug-likeness (QED) is 0.629. The standard InChI is InChI=1S/C14H20N2O/c1-10(2)8-12(4)15-16-14(17)13-7-5-6-11(3)9-13/h5-7,9-10H,8H2,1-4H3,(H,16,17). The van der Waals surface area contributed by atoms with Crippen LogP contribution >= 0.6 is 0 Å². The molecule has 0 saturated carbocycles. The summed E-state index contributed by atoms with van der Waals surface area (Å²) in [6.45, 7) is 8.14. The van der Waals surface area contributed by atoms with Crippen molar-refractivity contribution in [1.82, 2.24) is 5.43 Å². The third-order valence-electron chi connectivity index (χ3n) is 2.33. The van der Waals surface area contributed by atoms with Gasteiger partial charge in [-0.15, -0.1) is 0 Å². The van der Waals surface area contributed by atoms with Crippen LogP contribution in [-0.2, 0) is 0 Å². The Morgan fingerprint density at radius 3 is 2.71 bits per heavy atom. The van der Waals surface area contributed by atoms with Gasteiger partial charge < -0.3 is 0 Å². The van der Waals surface area contributed by atoms with E-state index in [1.165, 1.54) is 0 Å². The minimum Gasteiger partial charge on any atom is -0.267 e. The van der Waals surface area contributed by atoms with Crippen molar-refractivity contribution in [2.24, 2.45) is 11.0 Å². The van der Waals surface area contributed by atoms with E-state index >= 15 is 0 Å². The van der Waals surface area contributed by atoms with E-state index in [-0.39, 0.29) is 5.91 Å². The van der Waals surface area contributed by atoms with Crippen LogP contribution in [-0.4, -0.2) is 11.6 Å². The van der Waals surface area contributed by atoms with Crippen LogP contribution in [0.15, 0.2) is 29.4 Å². The highest BCUT2D eigenvalue weighted by atomic mass is 16.2. The Morgan fingerprint density at radius 2 is 2.12 bits per heavy atom. The molecule has 0 radical (unpaired) electrons. The Morgan fingerprint density at radius 1 is 1.41 bits per heavy atom. The molecular formula is C14H20N2O. The van der Waals surface area contributed by atoms with Crippen LogP contribution < -0.4 is 5.43 Å². The van der Waals surface area contributed by atoms with Gasteiger partial charge >= 0.3 is 0 Å². The number of carbonyl (C=O) groups excluding carboxylic acids is 1. The first kappa shape index (κ1) is 13.4. The van der Waals surface area contributed by atoms with Gasteiger partial charge in [-0.1, -0.05) is 31.5 Å². The van der Waals surface area contributed by atoms with Gasteiger partial charge in [0.15, 0.2) is 0 Å². The summed E-state index contributed by atoms with van der Waals surface area (Å²) in [7, 11) is 0. The lowest BCUT2D eigenvalue weighted by Crippen LogP contribution is -2.19. The lowest BCUT2D eigenvalue weighted by atomic mass is 10.1. The van der Waals surface area contributed by atoms with Crippen LogP contribution in [0, 0.1) is 12.8 Å². The molecule has 1 aromatic carbocycles. The summed E-state index contributed by atoms with van der Waals surface area (Å²) in [5, 5.41) is 4.09. The number of benzene rings is 1. The van der Waals surface area contributed by atoms with E-state index in [0.717, 1.165) is 17.7 Å². The Labute approximate surface area is 103 Å². The third-order valence-corrected chi connectivity index (χ3v) is 2.33. The minimum atomic E-state index is -0.156. The lowest BCUT2D eigenvalue weighted by Gasteiger charge is -2.05. The Bertz CT molecular complexity index is 422. The molecule has 1 amide bonds. The summed E-state index contributed by atoms with van der Waals surface area (Å²) < 4.78 is 0. The van der Waals surface area contributed by atoms with E-state index in [0.29, 0.717) is 11.5 Å². The molecule has 1 N–H and O–H groups in total. The summed E-state index contributed by atoms with van der Waals surface area (Å²) in [5.74, 6) is 0.395. The number of hydrogen-bond donors (Lipinski definition) is 1. The highest BCUT2D eigenvalue weighted by Gasteiger charge is 2.04. The fourth-order valence-electron chi connectivity index (χ4n) is 1.63. The first-order chi connectivity index (χ1) is 7.99. The summed E-state index contributed by atoms with van der Waals surface area (Å²) in [4.78, 5) is 11.8. The zero-order valence-electron chi connectivity index (χ0n) is 10.9. The predicted octanol–water partition coefficient (Wildman–Crippen LogP) is 3.15. The maximum atomic E-state index is 11.8. The first-order valence-electron chi connectivity index (χ1n) is 5.89. The average molecular weight is 232 g/mol. The van der Waals surface area contributed by atoms with Gasteiger partial charge in [0.25, 0.3) is 5.91 Å². The molecule has 0 aromatic heterocycles. The van der Waals surface area contributed by atoms with Crippen LogP contribution in [0.2, 0.25) is 0 Å². The molecule has 17 heavy (non-hydrogen) atoms.